The zero-order valence-corrected chi connectivity index (χ0v) is 8.75. The fourth-order valence-electron chi connectivity index (χ4n) is 1.47. The highest BCUT2D eigenvalue weighted by Gasteiger charge is 2.13. The zero-order valence-electron chi connectivity index (χ0n) is 8.75. The van der Waals surface area contributed by atoms with Crippen molar-refractivity contribution < 1.29 is 0 Å². The van der Waals surface area contributed by atoms with Crippen LogP contribution in [0.5, 0.6) is 0 Å². The van der Waals surface area contributed by atoms with Gasteiger partial charge in [0.1, 0.15) is 17.5 Å². The number of anilines is 2. The van der Waals surface area contributed by atoms with Crippen LogP contribution in [0.25, 0.3) is 5.69 Å². The average Bonchev–Trinajstić information content (AvgIpc) is 2.64. The topological polar surface area (TPSA) is 117 Å². The molecule has 0 bridgehead atoms. The summed E-state index contributed by atoms with van der Waals surface area (Å²) in [5, 5.41) is 21.6. The van der Waals surface area contributed by atoms with Crippen LogP contribution in [0.2, 0.25) is 0 Å². The Hall–Kier alpha value is -2.99. The molecule has 17 heavy (non-hydrogen) atoms. The summed E-state index contributed by atoms with van der Waals surface area (Å²) in [6.45, 7) is 0. The van der Waals surface area contributed by atoms with E-state index >= 15 is 0 Å². The molecule has 0 unspecified atom stereocenters. The monoisotopic (exact) mass is 224 g/mol. The number of rotatable bonds is 1. The maximum absolute atomic E-state index is 8.84. The van der Waals surface area contributed by atoms with Gasteiger partial charge < -0.3 is 11.5 Å². The quantitative estimate of drug-likeness (QED) is 0.742. The van der Waals surface area contributed by atoms with E-state index in [1.807, 2.05) is 12.1 Å². The van der Waals surface area contributed by atoms with Gasteiger partial charge in [0.15, 0.2) is 5.82 Å². The number of nitrogen functional groups attached to an aromatic ring is 2. The van der Waals surface area contributed by atoms with Crippen molar-refractivity contribution in [3.05, 3.63) is 35.4 Å². The molecule has 0 aliphatic rings. The van der Waals surface area contributed by atoms with E-state index in [9.17, 15) is 0 Å². The lowest BCUT2D eigenvalue weighted by Gasteiger charge is -2.03. The summed E-state index contributed by atoms with van der Waals surface area (Å²) in [5.41, 5.74) is 12.5. The van der Waals surface area contributed by atoms with Crippen molar-refractivity contribution in [1.82, 2.24) is 9.78 Å². The minimum atomic E-state index is 0.0763. The molecule has 2 rings (SSSR count). The third kappa shape index (κ3) is 1.64. The summed E-state index contributed by atoms with van der Waals surface area (Å²) in [7, 11) is 0. The molecule has 0 amide bonds. The van der Waals surface area contributed by atoms with Crippen LogP contribution in [0.15, 0.2) is 24.3 Å². The first kappa shape index (κ1) is 10.5. The van der Waals surface area contributed by atoms with Crippen LogP contribution in [0.4, 0.5) is 11.6 Å². The lowest BCUT2D eigenvalue weighted by atomic mass is 10.2. The van der Waals surface area contributed by atoms with Gasteiger partial charge in [-0.3, -0.25) is 0 Å². The predicted molar refractivity (Wildman–Crippen MR) is 61.8 cm³/mol. The van der Waals surface area contributed by atoms with Gasteiger partial charge in [-0.2, -0.15) is 10.5 Å². The Morgan fingerprint density at radius 3 is 2.53 bits per heavy atom. The molecule has 4 N–H and O–H groups in total. The highest BCUT2D eigenvalue weighted by molar-refractivity contribution is 5.64. The second-order valence-electron chi connectivity index (χ2n) is 3.33. The Balaban J connectivity index is 2.62. The molecule has 1 aromatic carbocycles. The molecule has 82 valence electrons. The molecule has 0 radical (unpaired) electrons. The molecule has 1 aromatic heterocycles. The van der Waals surface area contributed by atoms with Gasteiger partial charge in [-0.25, -0.2) is 4.68 Å². The van der Waals surface area contributed by atoms with E-state index in [0.717, 1.165) is 0 Å². The first-order valence-electron chi connectivity index (χ1n) is 4.72. The molecular weight excluding hydrogens is 216 g/mol. The molecule has 0 spiro atoms. The van der Waals surface area contributed by atoms with Gasteiger partial charge in [0.2, 0.25) is 0 Å². The lowest BCUT2D eigenvalue weighted by molar-refractivity contribution is 0.896. The highest BCUT2D eigenvalue weighted by Crippen LogP contribution is 2.22. The summed E-state index contributed by atoms with van der Waals surface area (Å²) >= 11 is 0. The van der Waals surface area contributed by atoms with Crippen LogP contribution in [0, 0.1) is 22.7 Å². The smallest absolute Gasteiger partial charge is 0.166 e. The highest BCUT2D eigenvalue weighted by atomic mass is 15.3. The Labute approximate surface area is 97.3 Å². The average molecular weight is 224 g/mol. The maximum Gasteiger partial charge on any atom is 0.166 e. The van der Waals surface area contributed by atoms with Gasteiger partial charge in [-0.15, -0.1) is 5.10 Å². The van der Waals surface area contributed by atoms with Crippen LogP contribution < -0.4 is 11.5 Å². The van der Waals surface area contributed by atoms with Gasteiger partial charge in [0, 0.05) is 0 Å². The van der Waals surface area contributed by atoms with E-state index in [1.54, 1.807) is 24.3 Å². The van der Waals surface area contributed by atoms with Gasteiger partial charge in [0.05, 0.1) is 17.3 Å². The van der Waals surface area contributed by atoms with Crippen molar-refractivity contribution in [2.24, 2.45) is 0 Å². The minimum Gasteiger partial charge on any atom is -0.382 e. The third-order valence-electron chi connectivity index (χ3n) is 2.28. The van der Waals surface area contributed by atoms with Crippen molar-refractivity contribution in [2.75, 3.05) is 11.5 Å². The largest absolute Gasteiger partial charge is 0.382 e. The number of aromatic nitrogens is 2. The van der Waals surface area contributed by atoms with E-state index in [0.29, 0.717) is 11.3 Å². The van der Waals surface area contributed by atoms with E-state index in [2.05, 4.69) is 5.10 Å². The summed E-state index contributed by atoms with van der Waals surface area (Å²) in [5.74, 6) is 0.243. The van der Waals surface area contributed by atoms with Crippen molar-refractivity contribution in [2.45, 2.75) is 0 Å². The molecular formula is C11H8N6. The SMILES string of the molecule is N#Cc1cccc(-n2nc(N)c(C#N)c2N)c1. The van der Waals surface area contributed by atoms with Crippen LogP contribution in [-0.2, 0) is 0 Å². The predicted octanol–water partition coefficient (Wildman–Crippen LogP) is 0.780. The summed E-state index contributed by atoms with van der Waals surface area (Å²) in [4.78, 5) is 0. The van der Waals surface area contributed by atoms with Crippen LogP contribution in [0.3, 0.4) is 0 Å². The van der Waals surface area contributed by atoms with E-state index in [4.69, 9.17) is 22.0 Å². The standard InChI is InChI=1S/C11H8N6/c12-5-7-2-1-3-8(4-7)17-11(15)9(6-13)10(14)16-17/h1-4H,15H2,(H2,14,16). The first-order valence-corrected chi connectivity index (χ1v) is 4.72. The van der Waals surface area contributed by atoms with Gasteiger partial charge in [-0.05, 0) is 18.2 Å². The molecule has 0 saturated heterocycles. The third-order valence-corrected chi connectivity index (χ3v) is 2.28. The Morgan fingerprint density at radius 2 is 1.94 bits per heavy atom. The summed E-state index contributed by atoms with van der Waals surface area (Å²) in [6, 6.07) is 10.6. The van der Waals surface area contributed by atoms with E-state index in [-0.39, 0.29) is 17.2 Å². The second-order valence-corrected chi connectivity index (χ2v) is 3.33. The maximum atomic E-state index is 8.84. The molecule has 1 heterocycles. The number of hydrogen-bond donors (Lipinski definition) is 2. The fraction of sp³-hybridized carbons (Fsp3) is 0. The lowest BCUT2D eigenvalue weighted by Crippen LogP contribution is -2.02. The molecule has 2 aromatic rings. The fourth-order valence-corrected chi connectivity index (χ4v) is 1.47. The summed E-state index contributed by atoms with van der Waals surface area (Å²) in [6.07, 6.45) is 0. The van der Waals surface area contributed by atoms with Crippen LogP contribution >= 0.6 is 0 Å². The molecule has 0 aliphatic heterocycles. The molecule has 0 saturated carbocycles. The second kappa shape index (κ2) is 3.87. The molecule has 0 aliphatic carbocycles. The summed E-state index contributed by atoms with van der Waals surface area (Å²) < 4.78 is 1.34. The Bertz CT molecular complexity index is 656. The molecule has 0 fully saturated rings. The first-order chi connectivity index (χ1) is 8.17. The molecule has 6 nitrogen and oxygen atoms in total. The number of hydrogen-bond acceptors (Lipinski definition) is 5. The van der Waals surface area contributed by atoms with Crippen molar-refractivity contribution in [1.29, 1.82) is 10.5 Å². The van der Waals surface area contributed by atoms with Crippen molar-refractivity contribution in [3.63, 3.8) is 0 Å². The minimum absolute atomic E-state index is 0.0763. The van der Waals surface area contributed by atoms with Gasteiger partial charge >= 0.3 is 0 Å². The normalized spacial score (nSPS) is 9.53. The van der Waals surface area contributed by atoms with Gasteiger partial charge in [-0.1, -0.05) is 6.07 Å². The van der Waals surface area contributed by atoms with E-state index < -0.39 is 0 Å². The van der Waals surface area contributed by atoms with Crippen LogP contribution in [0.1, 0.15) is 11.1 Å². The zero-order chi connectivity index (χ0) is 12.4. The van der Waals surface area contributed by atoms with Crippen molar-refractivity contribution in [3.8, 4) is 17.8 Å². The Kier molecular flexibility index (Phi) is 2.40. The number of nitrogens with zero attached hydrogens (tertiary/aromatic N) is 4. The number of nitrogens with two attached hydrogens (primary N) is 2. The number of nitriles is 2. The number of benzene rings is 1. The van der Waals surface area contributed by atoms with Crippen molar-refractivity contribution >= 4 is 11.6 Å². The van der Waals surface area contributed by atoms with E-state index in [1.165, 1.54) is 4.68 Å². The molecule has 6 heteroatoms. The van der Waals surface area contributed by atoms with Crippen LogP contribution in [-0.4, -0.2) is 9.78 Å². The molecule has 0 atom stereocenters. The Morgan fingerprint density at radius 1 is 1.18 bits per heavy atom. The van der Waals surface area contributed by atoms with Gasteiger partial charge in [0.25, 0.3) is 0 Å².